The number of aromatic nitrogens is 1. The van der Waals surface area contributed by atoms with Crippen LogP contribution in [-0.4, -0.2) is 41.5 Å². The molecule has 0 bridgehead atoms. The molecule has 1 fully saturated rings. The van der Waals surface area contributed by atoms with Gasteiger partial charge in [0.15, 0.2) is 16.6 Å². The van der Waals surface area contributed by atoms with Gasteiger partial charge in [-0.05, 0) is 112 Å². The Kier molecular flexibility index (Phi) is 11.3. The number of pyridine rings is 1. The summed E-state index contributed by atoms with van der Waals surface area (Å²) in [5, 5.41) is 1.29. The summed E-state index contributed by atoms with van der Waals surface area (Å²) in [6.07, 6.45) is 7.24. The molecule has 5 nitrogen and oxygen atoms in total. The van der Waals surface area contributed by atoms with Gasteiger partial charge in [-0.15, -0.1) is 0 Å². The second-order valence-electron chi connectivity index (χ2n) is 19.2. The van der Waals surface area contributed by atoms with E-state index in [2.05, 4.69) is 158 Å². The summed E-state index contributed by atoms with van der Waals surface area (Å²) in [6, 6.07) is 10.6. The van der Waals surface area contributed by atoms with Gasteiger partial charge in [-0.3, -0.25) is 9.78 Å². The van der Waals surface area contributed by atoms with Crippen molar-refractivity contribution in [2.45, 2.75) is 168 Å². The van der Waals surface area contributed by atoms with Crippen molar-refractivity contribution in [3.63, 3.8) is 0 Å². The second kappa shape index (κ2) is 13.3. The highest BCUT2D eigenvalue weighted by molar-refractivity contribution is 6.75. The molecular weight excluding hydrogens is 631 g/mol. The van der Waals surface area contributed by atoms with Crippen LogP contribution in [0.3, 0.4) is 0 Å². The molecule has 264 valence electrons. The Morgan fingerprint density at radius 3 is 1.81 bits per heavy atom. The molecule has 47 heavy (non-hydrogen) atoms. The lowest BCUT2D eigenvalue weighted by Gasteiger charge is -2.49. The first-order valence-corrected chi connectivity index (χ1v) is 26.5. The lowest BCUT2D eigenvalue weighted by molar-refractivity contribution is -0.148. The van der Waals surface area contributed by atoms with Crippen LogP contribution in [0.1, 0.15) is 119 Å². The number of nitrogens with zero attached hydrogens (tertiary/aromatic N) is 1. The van der Waals surface area contributed by atoms with Gasteiger partial charge in [-0.2, -0.15) is 0 Å². The Bertz CT molecular complexity index is 1450. The highest BCUT2D eigenvalue weighted by Crippen LogP contribution is 2.50. The average Bonchev–Trinajstić information content (AvgIpc) is 2.89. The largest absolute Gasteiger partial charge is 0.518 e. The molecule has 3 rings (SSSR count). The molecule has 1 aliphatic rings. The third-order valence-corrected chi connectivity index (χ3v) is 25.6. The molecule has 1 aromatic carbocycles. The zero-order chi connectivity index (χ0) is 36.1. The number of rotatable bonds is 9. The van der Waals surface area contributed by atoms with E-state index in [9.17, 15) is 4.79 Å². The molecule has 1 aromatic heterocycles. The summed E-state index contributed by atoms with van der Waals surface area (Å²) in [4.78, 5) is 19.3. The summed E-state index contributed by atoms with van der Waals surface area (Å²) in [7, 11) is -6.23. The molecule has 8 heteroatoms. The fourth-order valence-electron chi connectivity index (χ4n) is 5.44. The first-order chi connectivity index (χ1) is 21.0. The zero-order valence-corrected chi connectivity index (χ0v) is 36.0. The maximum atomic E-state index is 14.3. The standard InChI is InChI=1S/C39H67NO4Si3/c1-29(42-45(12,13)35(2,3)4)32-21-20-31-19-18-30(28-33(31)40-32)22-23-39(34(41)43-46(14,15)36(5,6)7)26-24-38(11,25-27-39)44-47(16,17)37(8,9)10/h18-23,28-29H,24-27H2,1-17H3/t29-,38?,39?/m1/s1. The van der Waals surface area contributed by atoms with Crippen LogP contribution in [-0.2, 0) is 18.1 Å². The fourth-order valence-corrected chi connectivity index (χ4v) is 9.51. The van der Waals surface area contributed by atoms with Gasteiger partial charge in [0.25, 0.3) is 8.32 Å². The molecule has 1 heterocycles. The summed E-state index contributed by atoms with van der Waals surface area (Å²) in [5.41, 5.74) is 1.98. The van der Waals surface area contributed by atoms with Crippen LogP contribution in [0.25, 0.3) is 17.0 Å². The van der Waals surface area contributed by atoms with Gasteiger partial charge >= 0.3 is 5.97 Å². The maximum absolute atomic E-state index is 14.3. The van der Waals surface area contributed by atoms with Crippen molar-refractivity contribution >= 4 is 47.9 Å². The van der Waals surface area contributed by atoms with E-state index in [-0.39, 0.29) is 32.8 Å². The van der Waals surface area contributed by atoms with E-state index in [1.807, 2.05) is 0 Å². The van der Waals surface area contributed by atoms with E-state index < -0.39 is 30.4 Å². The number of hydrogen-bond donors (Lipinski definition) is 0. The van der Waals surface area contributed by atoms with Crippen LogP contribution in [0.15, 0.2) is 36.4 Å². The van der Waals surface area contributed by atoms with Crippen molar-refractivity contribution in [1.29, 1.82) is 0 Å². The molecule has 0 N–H and O–H groups in total. The molecular formula is C39H67NO4Si3. The number of benzene rings is 1. The van der Waals surface area contributed by atoms with Crippen molar-refractivity contribution < 1.29 is 18.1 Å². The molecule has 1 atom stereocenters. The SMILES string of the molecule is C[C@@H](O[Si](C)(C)C(C)(C)C)c1ccc2ccc(C=CC3(C(=O)O[Si](C)(C)C(C)(C)C)CCC(C)(O[Si](C)(C)C(C)(C)C)CC3)cc2n1. The molecule has 0 spiro atoms. The summed E-state index contributed by atoms with van der Waals surface area (Å²) < 4.78 is 20.2. The van der Waals surface area contributed by atoms with E-state index in [0.29, 0.717) is 12.8 Å². The van der Waals surface area contributed by atoms with Crippen LogP contribution in [0.5, 0.6) is 0 Å². The normalized spacial score (nSPS) is 22.9. The topological polar surface area (TPSA) is 57.7 Å². The van der Waals surface area contributed by atoms with Gasteiger partial charge in [0, 0.05) is 5.39 Å². The highest BCUT2D eigenvalue weighted by Gasteiger charge is 2.51. The fraction of sp³-hybridized carbons (Fsp3) is 0.692. The van der Waals surface area contributed by atoms with Crippen LogP contribution >= 0.6 is 0 Å². The zero-order valence-electron chi connectivity index (χ0n) is 33.0. The lowest BCUT2D eigenvalue weighted by atomic mass is 9.69. The summed E-state index contributed by atoms with van der Waals surface area (Å²) in [5.74, 6) is -0.0764. The predicted molar refractivity (Wildman–Crippen MR) is 208 cm³/mol. The van der Waals surface area contributed by atoms with E-state index in [4.69, 9.17) is 18.3 Å². The van der Waals surface area contributed by atoms with E-state index in [1.54, 1.807) is 0 Å². The Morgan fingerprint density at radius 2 is 1.30 bits per heavy atom. The molecule has 1 aliphatic carbocycles. The molecule has 0 aliphatic heterocycles. The minimum atomic E-state index is -2.32. The number of carbonyl (C=O) groups excluding carboxylic acids is 1. The Morgan fingerprint density at radius 1 is 0.787 bits per heavy atom. The van der Waals surface area contributed by atoms with Crippen molar-refractivity contribution in [3.05, 3.63) is 47.7 Å². The van der Waals surface area contributed by atoms with Gasteiger partial charge in [-0.1, -0.05) is 92.7 Å². The first-order valence-electron chi connectivity index (χ1n) is 17.7. The van der Waals surface area contributed by atoms with Crippen LogP contribution < -0.4 is 0 Å². The molecule has 2 aromatic rings. The first kappa shape index (κ1) is 39.8. The van der Waals surface area contributed by atoms with E-state index >= 15 is 0 Å². The summed E-state index contributed by atoms with van der Waals surface area (Å²) >= 11 is 0. The van der Waals surface area contributed by atoms with Gasteiger partial charge in [0.1, 0.15) is 0 Å². The van der Waals surface area contributed by atoms with Gasteiger partial charge < -0.3 is 13.3 Å². The third-order valence-electron chi connectivity index (χ3n) is 12.1. The van der Waals surface area contributed by atoms with Crippen LogP contribution in [0, 0.1) is 5.41 Å². The number of carbonyl (C=O) groups is 1. The Balaban J connectivity index is 1.96. The monoisotopic (exact) mass is 697 g/mol. The molecule has 0 radical (unpaired) electrons. The molecule has 0 amide bonds. The smallest absolute Gasteiger partial charge is 0.302 e. The molecule has 0 saturated heterocycles. The average molecular weight is 698 g/mol. The lowest BCUT2D eigenvalue weighted by Crippen LogP contribution is -2.53. The van der Waals surface area contributed by atoms with Gasteiger partial charge in [0.2, 0.25) is 0 Å². The molecule has 1 saturated carbocycles. The van der Waals surface area contributed by atoms with Gasteiger partial charge in [-0.25, -0.2) is 0 Å². The van der Waals surface area contributed by atoms with E-state index in [0.717, 1.165) is 35.0 Å². The van der Waals surface area contributed by atoms with E-state index in [1.165, 1.54) is 0 Å². The summed E-state index contributed by atoms with van der Waals surface area (Å²) in [6.45, 7) is 38.1. The van der Waals surface area contributed by atoms with Crippen molar-refractivity contribution in [3.8, 4) is 0 Å². The van der Waals surface area contributed by atoms with Gasteiger partial charge in [0.05, 0.1) is 28.3 Å². The van der Waals surface area contributed by atoms with Crippen LogP contribution in [0.4, 0.5) is 0 Å². The molecule has 0 unspecified atom stereocenters. The quantitative estimate of drug-likeness (QED) is 0.244. The number of fused-ring (bicyclic) bond motifs is 1. The predicted octanol–water partition coefficient (Wildman–Crippen LogP) is 12.2. The Labute approximate surface area is 291 Å². The highest BCUT2D eigenvalue weighted by atomic mass is 28.4. The minimum absolute atomic E-state index is 0.0602. The van der Waals surface area contributed by atoms with Crippen molar-refractivity contribution in [2.24, 2.45) is 5.41 Å². The minimum Gasteiger partial charge on any atom is -0.518 e. The Hall–Kier alpha value is -1.59. The van der Waals surface area contributed by atoms with Crippen LogP contribution in [0.2, 0.25) is 54.4 Å². The second-order valence-corrected chi connectivity index (χ2v) is 33.4. The van der Waals surface area contributed by atoms with Crippen molar-refractivity contribution in [1.82, 2.24) is 4.98 Å². The maximum Gasteiger partial charge on any atom is 0.302 e. The van der Waals surface area contributed by atoms with Crippen molar-refractivity contribution in [2.75, 3.05) is 0 Å². The third kappa shape index (κ3) is 9.15. The number of hydrogen-bond acceptors (Lipinski definition) is 5.